The average molecular weight is 336 g/mol. The Balaban J connectivity index is 1.53. The van der Waals surface area contributed by atoms with E-state index in [1.54, 1.807) is 48.9 Å². The minimum atomic E-state index is -0.571. The summed E-state index contributed by atoms with van der Waals surface area (Å²) in [5.74, 6) is 0.106. The second kappa shape index (κ2) is 7.39. The number of nitrogens with zero attached hydrogens (tertiary/aromatic N) is 2. The molecular weight excluding hydrogens is 320 g/mol. The third-order valence-electron chi connectivity index (χ3n) is 3.41. The molecular formula is C18H16N4O3. The molecule has 0 aliphatic carbocycles. The van der Waals surface area contributed by atoms with Crippen LogP contribution in [0.15, 0.2) is 55.0 Å². The third-order valence-corrected chi connectivity index (χ3v) is 3.41. The summed E-state index contributed by atoms with van der Waals surface area (Å²) in [4.78, 5) is 35.0. The molecule has 3 aromatic rings. The number of amides is 1. The zero-order chi connectivity index (χ0) is 17.6. The molecule has 7 nitrogen and oxygen atoms in total. The summed E-state index contributed by atoms with van der Waals surface area (Å²) in [6, 6.07) is 10.3. The van der Waals surface area contributed by atoms with Crippen LogP contribution in [0, 0.1) is 6.92 Å². The van der Waals surface area contributed by atoms with Crippen molar-refractivity contribution in [2.45, 2.75) is 6.92 Å². The lowest BCUT2D eigenvalue weighted by molar-refractivity contribution is -0.119. The molecule has 0 bridgehead atoms. The Hall–Kier alpha value is -3.48. The Bertz CT molecular complexity index is 856. The lowest BCUT2D eigenvalue weighted by Gasteiger charge is -2.06. The summed E-state index contributed by atoms with van der Waals surface area (Å²) in [5.41, 5.74) is 2.20. The molecule has 0 saturated heterocycles. The first-order valence-electron chi connectivity index (χ1n) is 7.61. The maximum absolute atomic E-state index is 12.0. The van der Waals surface area contributed by atoms with Gasteiger partial charge in [-0.15, -0.1) is 0 Å². The van der Waals surface area contributed by atoms with Gasteiger partial charge < -0.3 is 15.0 Å². The molecule has 25 heavy (non-hydrogen) atoms. The Morgan fingerprint density at radius 3 is 2.56 bits per heavy atom. The van der Waals surface area contributed by atoms with Crippen LogP contribution in [0.5, 0.6) is 0 Å². The zero-order valence-corrected chi connectivity index (χ0v) is 13.5. The highest BCUT2D eigenvalue weighted by molar-refractivity contribution is 5.95. The van der Waals surface area contributed by atoms with Crippen molar-refractivity contribution < 1.29 is 14.3 Å². The number of aryl methyl sites for hydroxylation is 1. The van der Waals surface area contributed by atoms with E-state index >= 15 is 0 Å². The number of benzene rings is 1. The topological polar surface area (TPSA) is 97.0 Å². The molecule has 0 saturated carbocycles. The smallest absolute Gasteiger partial charge is 0.338 e. The van der Waals surface area contributed by atoms with Crippen LogP contribution in [0.25, 0.3) is 11.4 Å². The standard InChI is InChI=1S/C18H16N4O3/c1-12-2-7-15(21-10-12)22-16(23)11-25-18(24)14-5-3-13(4-6-14)17-19-8-9-20-17/h2-10H,11H2,1H3,(H,19,20)(H,21,22,23). The molecule has 1 amide bonds. The molecule has 1 aromatic carbocycles. The van der Waals surface area contributed by atoms with E-state index in [9.17, 15) is 9.59 Å². The van der Waals surface area contributed by atoms with Gasteiger partial charge in [-0.25, -0.2) is 14.8 Å². The van der Waals surface area contributed by atoms with Crippen LogP contribution in [0.4, 0.5) is 5.82 Å². The summed E-state index contributed by atoms with van der Waals surface area (Å²) in [7, 11) is 0. The minimum Gasteiger partial charge on any atom is -0.452 e. The Morgan fingerprint density at radius 2 is 1.92 bits per heavy atom. The highest BCUT2D eigenvalue weighted by Gasteiger charge is 2.11. The average Bonchev–Trinajstić information content (AvgIpc) is 3.16. The van der Waals surface area contributed by atoms with Gasteiger partial charge in [0, 0.05) is 24.2 Å². The lowest BCUT2D eigenvalue weighted by atomic mass is 10.1. The van der Waals surface area contributed by atoms with E-state index < -0.39 is 11.9 Å². The van der Waals surface area contributed by atoms with E-state index in [1.807, 2.05) is 13.0 Å². The second-order valence-corrected chi connectivity index (χ2v) is 5.36. The van der Waals surface area contributed by atoms with Gasteiger partial charge in [-0.2, -0.15) is 0 Å². The number of carbonyl (C=O) groups is 2. The number of pyridine rings is 1. The summed E-state index contributed by atoms with van der Waals surface area (Å²) in [6.45, 7) is 1.52. The minimum absolute atomic E-state index is 0.358. The number of aromatic nitrogens is 3. The Labute approximate surface area is 144 Å². The van der Waals surface area contributed by atoms with Crippen molar-refractivity contribution in [3.8, 4) is 11.4 Å². The van der Waals surface area contributed by atoms with Gasteiger partial charge in [0.15, 0.2) is 6.61 Å². The van der Waals surface area contributed by atoms with Crippen molar-refractivity contribution in [1.82, 2.24) is 15.0 Å². The van der Waals surface area contributed by atoms with Crippen molar-refractivity contribution in [3.05, 3.63) is 66.1 Å². The van der Waals surface area contributed by atoms with Crippen LogP contribution < -0.4 is 5.32 Å². The highest BCUT2D eigenvalue weighted by Crippen LogP contribution is 2.15. The lowest BCUT2D eigenvalue weighted by Crippen LogP contribution is -2.21. The first kappa shape index (κ1) is 16.4. The van der Waals surface area contributed by atoms with Crippen LogP contribution in [-0.4, -0.2) is 33.4 Å². The van der Waals surface area contributed by atoms with E-state index in [1.165, 1.54) is 0 Å². The van der Waals surface area contributed by atoms with Crippen molar-refractivity contribution >= 4 is 17.7 Å². The number of nitrogens with one attached hydrogen (secondary N) is 2. The first-order valence-corrected chi connectivity index (χ1v) is 7.61. The highest BCUT2D eigenvalue weighted by atomic mass is 16.5. The van der Waals surface area contributed by atoms with Crippen molar-refractivity contribution in [1.29, 1.82) is 0 Å². The van der Waals surface area contributed by atoms with Crippen molar-refractivity contribution in [2.75, 3.05) is 11.9 Å². The maximum Gasteiger partial charge on any atom is 0.338 e. The van der Waals surface area contributed by atoms with E-state index in [-0.39, 0.29) is 6.61 Å². The van der Waals surface area contributed by atoms with Gasteiger partial charge in [0.2, 0.25) is 0 Å². The Kier molecular flexibility index (Phi) is 4.84. The van der Waals surface area contributed by atoms with Crippen LogP contribution in [0.2, 0.25) is 0 Å². The summed E-state index contributed by atoms with van der Waals surface area (Å²) < 4.78 is 5.01. The molecule has 0 aliphatic rings. The molecule has 0 atom stereocenters. The number of aromatic amines is 1. The predicted octanol–water partition coefficient (Wildman–Crippen LogP) is 2.58. The first-order chi connectivity index (χ1) is 12.1. The fraction of sp³-hybridized carbons (Fsp3) is 0.111. The number of esters is 1. The normalized spacial score (nSPS) is 10.3. The zero-order valence-electron chi connectivity index (χ0n) is 13.5. The van der Waals surface area contributed by atoms with E-state index in [0.29, 0.717) is 17.2 Å². The number of anilines is 1. The fourth-order valence-corrected chi connectivity index (χ4v) is 2.12. The molecule has 126 valence electrons. The number of hydrogen-bond acceptors (Lipinski definition) is 5. The van der Waals surface area contributed by atoms with Crippen LogP contribution in [-0.2, 0) is 9.53 Å². The summed E-state index contributed by atoms with van der Waals surface area (Å²) in [6.07, 6.45) is 5.01. The molecule has 0 radical (unpaired) electrons. The fourth-order valence-electron chi connectivity index (χ4n) is 2.12. The molecule has 2 N–H and O–H groups in total. The van der Waals surface area contributed by atoms with Gasteiger partial charge >= 0.3 is 5.97 Å². The number of hydrogen-bond donors (Lipinski definition) is 2. The Morgan fingerprint density at radius 1 is 1.12 bits per heavy atom. The van der Waals surface area contributed by atoms with E-state index in [0.717, 1.165) is 11.1 Å². The molecule has 2 aromatic heterocycles. The van der Waals surface area contributed by atoms with Crippen LogP contribution >= 0.6 is 0 Å². The molecule has 0 spiro atoms. The summed E-state index contributed by atoms with van der Waals surface area (Å²) in [5, 5.41) is 2.56. The quantitative estimate of drug-likeness (QED) is 0.698. The van der Waals surface area contributed by atoms with Crippen molar-refractivity contribution in [3.63, 3.8) is 0 Å². The van der Waals surface area contributed by atoms with Gasteiger partial charge in [0.25, 0.3) is 5.91 Å². The SMILES string of the molecule is Cc1ccc(NC(=O)COC(=O)c2ccc(-c3ncc[nH]3)cc2)nc1. The molecule has 0 aliphatic heterocycles. The van der Waals surface area contributed by atoms with Gasteiger partial charge in [-0.1, -0.05) is 18.2 Å². The van der Waals surface area contributed by atoms with Gasteiger partial charge in [-0.3, -0.25) is 4.79 Å². The number of H-pyrrole nitrogens is 1. The molecule has 2 heterocycles. The molecule has 0 unspecified atom stereocenters. The second-order valence-electron chi connectivity index (χ2n) is 5.36. The van der Waals surface area contributed by atoms with E-state index in [2.05, 4.69) is 20.3 Å². The van der Waals surface area contributed by atoms with Crippen molar-refractivity contribution in [2.24, 2.45) is 0 Å². The summed E-state index contributed by atoms with van der Waals surface area (Å²) >= 11 is 0. The molecule has 3 rings (SSSR count). The largest absolute Gasteiger partial charge is 0.452 e. The predicted molar refractivity (Wildman–Crippen MR) is 91.9 cm³/mol. The van der Waals surface area contributed by atoms with Crippen LogP contribution in [0.3, 0.4) is 0 Å². The van der Waals surface area contributed by atoms with E-state index in [4.69, 9.17) is 4.74 Å². The number of imidazole rings is 1. The number of rotatable bonds is 5. The maximum atomic E-state index is 12.0. The van der Waals surface area contributed by atoms with Gasteiger partial charge in [0.1, 0.15) is 11.6 Å². The molecule has 0 fully saturated rings. The van der Waals surface area contributed by atoms with Crippen LogP contribution in [0.1, 0.15) is 15.9 Å². The number of carbonyl (C=O) groups excluding carboxylic acids is 2. The molecule has 7 heteroatoms. The van der Waals surface area contributed by atoms with Gasteiger partial charge in [0.05, 0.1) is 5.56 Å². The number of ether oxygens (including phenoxy) is 1. The third kappa shape index (κ3) is 4.29. The monoisotopic (exact) mass is 336 g/mol. The van der Waals surface area contributed by atoms with Gasteiger partial charge in [-0.05, 0) is 30.7 Å².